The van der Waals surface area contributed by atoms with E-state index in [1.807, 2.05) is 0 Å². The molecule has 1 aromatic carbocycles. The quantitative estimate of drug-likeness (QED) is 0.429. The first kappa shape index (κ1) is 16.6. The van der Waals surface area contributed by atoms with E-state index >= 15 is 0 Å². The third-order valence-corrected chi connectivity index (χ3v) is 2.73. The summed E-state index contributed by atoms with van der Waals surface area (Å²) in [6, 6.07) is 3.76. The zero-order valence-corrected chi connectivity index (χ0v) is 12.3. The molecule has 110 valence electrons. The molecule has 0 unspecified atom stereocenters. The van der Waals surface area contributed by atoms with E-state index in [4.69, 9.17) is 4.74 Å². The van der Waals surface area contributed by atoms with Gasteiger partial charge in [0.15, 0.2) is 5.78 Å². The van der Waals surface area contributed by atoms with Gasteiger partial charge in [0.05, 0.1) is 6.61 Å². The van der Waals surface area contributed by atoms with Crippen molar-refractivity contribution in [3.63, 3.8) is 0 Å². The van der Waals surface area contributed by atoms with Gasteiger partial charge in [0, 0.05) is 17.3 Å². The van der Waals surface area contributed by atoms with E-state index in [0.717, 1.165) is 6.07 Å². The molecule has 1 aromatic rings. The summed E-state index contributed by atoms with van der Waals surface area (Å²) in [5.41, 5.74) is 0.0655. The van der Waals surface area contributed by atoms with Crippen LogP contribution in [-0.2, 0) is 4.74 Å². The van der Waals surface area contributed by atoms with E-state index in [0.29, 0.717) is 5.33 Å². The zero-order valence-electron chi connectivity index (χ0n) is 10.7. The summed E-state index contributed by atoms with van der Waals surface area (Å²) in [4.78, 5) is 23.3. The highest BCUT2D eigenvalue weighted by Crippen LogP contribution is 2.24. The van der Waals surface area contributed by atoms with Gasteiger partial charge < -0.3 is 9.47 Å². The molecule has 7 heteroatoms. The summed E-state index contributed by atoms with van der Waals surface area (Å²) in [7, 11) is 0. The number of benzene rings is 1. The number of hydrogen-bond donors (Lipinski definition) is 0. The van der Waals surface area contributed by atoms with Crippen LogP contribution in [0.4, 0.5) is 8.78 Å². The molecule has 0 aliphatic rings. The average molecular weight is 351 g/mol. The van der Waals surface area contributed by atoms with Gasteiger partial charge in [-0.2, -0.15) is 8.78 Å². The van der Waals surface area contributed by atoms with Crippen molar-refractivity contribution in [2.45, 2.75) is 20.0 Å². The lowest BCUT2D eigenvalue weighted by atomic mass is 10.1. The van der Waals surface area contributed by atoms with Crippen molar-refractivity contribution in [1.82, 2.24) is 0 Å². The van der Waals surface area contributed by atoms with Crippen LogP contribution >= 0.6 is 15.9 Å². The van der Waals surface area contributed by atoms with E-state index in [1.54, 1.807) is 6.92 Å². The average Bonchev–Trinajstić information content (AvgIpc) is 2.38. The molecule has 1 rings (SSSR count). The second-order valence-electron chi connectivity index (χ2n) is 3.67. The Labute approximate surface area is 123 Å². The molecule has 0 atom stereocenters. The standard InChI is InChI=1S/C13H13BrF2O4/c1-2-19-12(18)9-4-3-8(10(17)5-6-14)7-11(9)20-13(15)16/h3-4,7,13H,2,5-6H2,1H3. The summed E-state index contributed by atoms with van der Waals surface area (Å²) < 4.78 is 33.8. The van der Waals surface area contributed by atoms with Crippen molar-refractivity contribution < 1.29 is 27.8 Å². The second kappa shape index (κ2) is 7.94. The number of esters is 1. The number of alkyl halides is 3. The summed E-state index contributed by atoms with van der Waals surface area (Å²) >= 11 is 3.12. The maximum Gasteiger partial charge on any atom is 0.387 e. The van der Waals surface area contributed by atoms with Crippen LogP contribution in [0.15, 0.2) is 18.2 Å². The minimum absolute atomic E-state index is 0.108. The van der Waals surface area contributed by atoms with Crippen LogP contribution in [0, 0.1) is 0 Å². The molecule has 4 nitrogen and oxygen atoms in total. The Balaban J connectivity index is 3.12. The molecule has 0 fully saturated rings. The number of carbonyl (C=O) groups excluding carboxylic acids is 2. The molecule has 0 heterocycles. The number of halogens is 3. The second-order valence-corrected chi connectivity index (χ2v) is 4.47. The first-order valence-electron chi connectivity index (χ1n) is 5.84. The first-order chi connectivity index (χ1) is 9.49. The van der Waals surface area contributed by atoms with Gasteiger partial charge in [-0.1, -0.05) is 22.0 Å². The highest BCUT2D eigenvalue weighted by molar-refractivity contribution is 9.09. The fourth-order valence-electron chi connectivity index (χ4n) is 1.50. The highest BCUT2D eigenvalue weighted by Gasteiger charge is 2.19. The largest absolute Gasteiger partial charge is 0.462 e. The summed E-state index contributed by atoms with van der Waals surface area (Å²) in [6.45, 7) is -1.39. The van der Waals surface area contributed by atoms with E-state index in [2.05, 4.69) is 20.7 Å². The lowest BCUT2D eigenvalue weighted by molar-refractivity contribution is -0.0504. The number of carbonyl (C=O) groups is 2. The van der Waals surface area contributed by atoms with Gasteiger partial charge in [-0.15, -0.1) is 0 Å². The summed E-state index contributed by atoms with van der Waals surface area (Å²) in [5, 5.41) is 0.455. The summed E-state index contributed by atoms with van der Waals surface area (Å²) in [6.07, 6.45) is 0.215. The van der Waals surface area contributed by atoms with Crippen LogP contribution in [-0.4, -0.2) is 30.3 Å². The van der Waals surface area contributed by atoms with Gasteiger partial charge in [-0.25, -0.2) is 4.79 Å². The fraction of sp³-hybridized carbons (Fsp3) is 0.385. The number of rotatable bonds is 7. The molecule has 0 saturated heterocycles. The first-order valence-corrected chi connectivity index (χ1v) is 6.96. The van der Waals surface area contributed by atoms with Crippen molar-refractivity contribution in [3.05, 3.63) is 29.3 Å². The van der Waals surface area contributed by atoms with Gasteiger partial charge in [0.25, 0.3) is 0 Å². The zero-order chi connectivity index (χ0) is 15.1. The topological polar surface area (TPSA) is 52.6 Å². The SMILES string of the molecule is CCOC(=O)c1ccc(C(=O)CCBr)cc1OC(F)F. The lowest BCUT2D eigenvalue weighted by Crippen LogP contribution is -2.12. The van der Waals surface area contributed by atoms with Crippen LogP contribution < -0.4 is 4.74 Å². The highest BCUT2D eigenvalue weighted by atomic mass is 79.9. The van der Waals surface area contributed by atoms with E-state index in [9.17, 15) is 18.4 Å². The maximum absolute atomic E-state index is 12.4. The molecule has 0 aliphatic carbocycles. The van der Waals surface area contributed by atoms with E-state index in [1.165, 1.54) is 12.1 Å². The molecule has 0 bridgehead atoms. The van der Waals surface area contributed by atoms with Crippen molar-refractivity contribution in [1.29, 1.82) is 0 Å². The molecule has 0 aliphatic heterocycles. The van der Waals surface area contributed by atoms with Crippen LogP contribution in [0.5, 0.6) is 5.75 Å². The molecule has 0 saturated carbocycles. The molecule has 0 spiro atoms. The smallest absolute Gasteiger partial charge is 0.387 e. The Bertz CT molecular complexity index is 491. The normalized spacial score (nSPS) is 10.4. The predicted molar refractivity (Wildman–Crippen MR) is 71.8 cm³/mol. The maximum atomic E-state index is 12.4. The van der Waals surface area contributed by atoms with Crippen LogP contribution in [0.3, 0.4) is 0 Å². The van der Waals surface area contributed by atoms with Crippen molar-refractivity contribution in [2.24, 2.45) is 0 Å². The number of hydrogen-bond acceptors (Lipinski definition) is 4. The molecule has 0 aromatic heterocycles. The minimum Gasteiger partial charge on any atom is -0.462 e. The Kier molecular flexibility index (Phi) is 6.57. The van der Waals surface area contributed by atoms with Crippen molar-refractivity contribution in [2.75, 3.05) is 11.9 Å². The molecular weight excluding hydrogens is 338 g/mol. The molecular formula is C13H13BrF2O4. The van der Waals surface area contributed by atoms with Gasteiger partial charge in [-0.3, -0.25) is 4.79 Å². The Morgan fingerprint density at radius 3 is 2.60 bits per heavy atom. The predicted octanol–water partition coefficient (Wildman–Crippen LogP) is 3.43. The number of ether oxygens (including phenoxy) is 2. The lowest BCUT2D eigenvalue weighted by Gasteiger charge is -2.11. The molecule has 0 radical (unpaired) electrons. The fourth-order valence-corrected chi connectivity index (χ4v) is 1.86. The van der Waals surface area contributed by atoms with Gasteiger partial charge in [0.1, 0.15) is 11.3 Å². The Hall–Kier alpha value is -1.50. The summed E-state index contributed by atoms with van der Waals surface area (Å²) in [5.74, 6) is -1.38. The van der Waals surface area contributed by atoms with E-state index in [-0.39, 0.29) is 35.7 Å². The number of Topliss-reactive ketones (excluding diaryl/α,β-unsaturated/α-hetero) is 1. The van der Waals surface area contributed by atoms with Crippen LogP contribution in [0.25, 0.3) is 0 Å². The molecule has 0 amide bonds. The van der Waals surface area contributed by atoms with Gasteiger partial charge in [-0.05, 0) is 19.1 Å². The Morgan fingerprint density at radius 2 is 2.05 bits per heavy atom. The van der Waals surface area contributed by atoms with Crippen LogP contribution in [0.2, 0.25) is 0 Å². The third-order valence-electron chi connectivity index (χ3n) is 2.34. The van der Waals surface area contributed by atoms with Crippen LogP contribution in [0.1, 0.15) is 34.1 Å². The van der Waals surface area contributed by atoms with Gasteiger partial charge >= 0.3 is 12.6 Å². The Morgan fingerprint density at radius 1 is 1.35 bits per heavy atom. The third kappa shape index (κ3) is 4.56. The number of ketones is 1. The molecule has 0 N–H and O–H groups in total. The van der Waals surface area contributed by atoms with E-state index < -0.39 is 12.6 Å². The molecule has 20 heavy (non-hydrogen) atoms. The van der Waals surface area contributed by atoms with Crippen molar-refractivity contribution >= 4 is 27.7 Å². The monoisotopic (exact) mass is 350 g/mol. The van der Waals surface area contributed by atoms with Crippen molar-refractivity contribution in [3.8, 4) is 5.75 Å². The minimum atomic E-state index is -3.09. The van der Waals surface area contributed by atoms with Gasteiger partial charge in [0.2, 0.25) is 0 Å².